The number of fused-ring (bicyclic) bond motifs is 3. The van der Waals surface area contributed by atoms with Crippen LogP contribution in [0.3, 0.4) is 0 Å². The van der Waals surface area contributed by atoms with Gasteiger partial charge in [-0.15, -0.1) is 0 Å². The van der Waals surface area contributed by atoms with Crippen LogP contribution in [0.15, 0.2) is 72.9 Å². The van der Waals surface area contributed by atoms with Crippen LogP contribution in [0, 0.1) is 0 Å². The van der Waals surface area contributed by atoms with Gasteiger partial charge < -0.3 is 0 Å². The fourth-order valence-electron chi connectivity index (χ4n) is 2.85. The van der Waals surface area contributed by atoms with Gasteiger partial charge in [0.1, 0.15) is 0 Å². The highest BCUT2D eigenvalue weighted by molar-refractivity contribution is 6.30. The molecule has 0 aliphatic carbocycles. The quantitative estimate of drug-likeness (QED) is 0.437. The Morgan fingerprint density at radius 3 is 2.41 bits per heavy atom. The molecule has 2 heteroatoms. The zero-order chi connectivity index (χ0) is 14.9. The summed E-state index contributed by atoms with van der Waals surface area (Å²) in [5, 5.41) is 4.39. The average molecular weight is 304 g/mol. The molecular formula is C20H14ClN. The van der Waals surface area contributed by atoms with Crippen molar-refractivity contribution in [3.05, 3.63) is 89.1 Å². The number of benzene rings is 3. The van der Waals surface area contributed by atoms with Crippen molar-refractivity contribution >= 4 is 33.3 Å². The lowest BCUT2D eigenvalue weighted by molar-refractivity contribution is 1.17. The van der Waals surface area contributed by atoms with Crippen LogP contribution in [-0.4, -0.2) is 4.98 Å². The number of hydrogen-bond donors (Lipinski definition) is 0. The Morgan fingerprint density at radius 1 is 0.773 bits per heavy atom. The van der Waals surface area contributed by atoms with Gasteiger partial charge in [0.15, 0.2) is 0 Å². The van der Waals surface area contributed by atoms with Gasteiger partial charge in [-0.25, -0.2) is 0 Å². The second-order valence-corrected chi connectivity index (χ2v) is 5.94. The highest BCUT2D eigenvalue weighted by atomic mass is 35.5. The SMILES string of the molecule is Clc1ccc(Cc2cnc3c(ccc4ccccc43)c2)cc1. The monoisotopic (exact) mass is 303 g/mol. The van der Waals surface area contributed by atoms with E-state index in [4.69, 9.17) is 16.6 Å². The van der Waals surface area contributed by atoms with E-state index < -0.39 is 0 Å². The van der Waals surface area contributed by atoms with Crippen molar-refractivity contribution in [2.24, 2.45) is 0 Å². The Labute approximate surface area is 134 Å². The molecule has 4 rings (SSSR count). The predicted octanol–water partition coefficient (Wildman–Crippen LogP) is 5.63. The minimum Gasteiger partial charge on any atom is -0.255 e. The summed E-state index contributed by atoms with van der Waals surface area (Å²) in [6.07, 6.45) is 2.84. The van der Waals surface area contributed by atoms with Gasteiger partial charge in [-0.3, -0.25) is 4.98 Å². The van der Waals surface area contributed by atoms with Crippen LogP contribution in [0.25, 0.3) is 21.7 Å². The first-order valence-electron chi connectivity index (χ1n) is 7.30. The highest BCUT2D eigenvalue weighted by Gasteiger charge is 2.04. The molecule has 0 fully saturated rings. The topological polar surface area (TPSA) is 12.9 Å². The summed E-state index contributed by atoms with van der Waals surface area (Å²) in [5.74, 6) is 0. The zero-order valence-electron chi connectivity index (χ0n) is 12.0. The number of nitrogens with zero attached hydrogens (tertiary/aromatic N) is 1. The normalized spacial score (nSPS) is 11.1. The third-order valence-corrected chi connectivity index (χ3v) is 4.21. The van der Waals surface area contributed by atoms with Crippen LogP contribution in [0.2, 0.25) is 5.02 Å². The largest absolute Gasteiger partial charge is 0.255 e. The van der Waals surface area contributed by atoms with Gasteiger partial charge in [0, 0.05) is 22.0 Å². The minimum atomic E-state index is 0.770. The lowest BCUT2D eigenvalue weighted by Gasteiger charge is -2.06. The summed E-state index contributed by atoms with van der Waals surface area (Å²) < 4.78 is 0. The molecule has 0 atom stereocenters. The summed E-state index contributed by atoms with van der Waals surface area (Å²) in [5.41, 5.74) is 3.52. The molecule has 0 radical (unpaired) electrons. The molecule has 0 unspecified atom stereocenters. The highest BCUT2D eigenvalue weighted by Crippen LogP contribution is 2.25. The summed E-state index contributed by atoms with van der Waals surface area (Å²) >= 11 is 5.94. The molecule has 0 spiro atoms. The summed E-state index contributed by atoms with van der Waals surface area (Å²) in [4.78, 5) is 4.70. The molecular weight excluding hydrogens is 290 g/mol. The summed E-state index contributed by atoms with van der Waals surface area (Å²) in [6.45, 7) is 0. The summed E-state index contributed by atoms with van der Waals surface area (Å²) in [6, 6.07) is 22.9. The number of aromatic nitrogens is 1. The molecule has 0 aliphatic heterocycles. The van der Waals surface area contributed by atoms with Gasteiger partial charge in [0.2, 0.25) is 0 Å². The van der Waals surface area contributed by atoms with Crippen molar-refractivity contribution in [1.29, 1.82) is 0 Å². The minimum absolute atomic E-state index is 0.770. The number of pyridine rings is 1. The number of hydrogen-bond acceptors (Lipinski definition) is 1. The van der Waals surface area contributed by atoms with E-state index in [2.05, 4.69) is 54.6 Å². The van der Waals surface area contributed by atoms with E-state index in [1.165, 1.54) is 27.3 Å². The van der Waals surface area contributed by atoms with Gasteiger partial charge in [-0.2, -0.15) is 0 Å². The molecule has 106 valence electrons. The van der Waals surface area contributed by atoms with Crippen molar-refractivity contribution in [2.75, 3.05) is 0 Å². The molecule has 0 N–H and O–H groups in total. The van der Waals surface area contributed by atoms with Gasteiger partial charge in [-0.1, -0.05) is 60.1 Å². The van der Waals surface area contributed by atoms with E-state index in [9.17, 15) is 0 Å². The first-order valence-corrected chi connectivity index (χ1v) is 7.68. The van der Waals surface area contributed by atoms with Crippen molar-refractivity contribution < 1.29 is 0 Å². The molecule has 0 aliphatic rings. The van der Waals surface area contributed by atoms with E-state index in [0.29, 0.717) is 0 Å². The van der Waals surface area contributed by atoms with Crippen LogP contribution in [0.4, 0.5) is 0 Å². The first kappa shape index (κ1) is 13.3. The van der Waals surface area contributed by atoms with Crippen LogP contribution >= 0.6 is 11.6 Å². The molecule has 4 aromatic rings. The van der Waals surface area contributed by atoms with Crippen LogP contribution in [0.1, 0.15) is 11.1 Å². The third-order valence-electron chi connectivity index (χ3n) is 3.95. The van der Waals surface area contributed by atoms with Crippen molar-refractivity contribution in [2.45, 2.75) is 6.42 Å². The smallest absolute Gasteiger partial charge is 0.0780 e. The Hall–Kier alpha value is -2.38. The molecule has 0 amide bonds. The Morgan fingerprint density at radius 2 is 1.55 bits per heavy atom. The lowest BCUT2D eigenvalue weighted by atomic mass is 10.0. The standard InChI is InChI=1S/C20H14ClN/c21-18-9-5-14(6-10-18)11-15-12-17-8-7-16-3-1-2-4-19(16)20(17)22-13-15/h1-10,12-13H,11H2. The Balaban J connectivity index is 1.77. The fourth-order valence-corrected chi connectivity index (χ4v) is 2.98. The number of halogens is 1. The third kappa shape index (κ3) is 2.44. The van der Waals surface area contributed by atoms with Gasteiger partial charge in [0.05, 0.1) is 5.52 Å². The molecule has 3 aromatic carbocycles. The second kappa shape index (κ2) is 5.43. The molecule has 0 saturated carbocycles. The summed E-state index contributed by atoms with van der Waals surface area (Å²) in [7, 11) is 0. The van der Waals surface area contributed by atoms with E-state index in [1.54, 1.807) is 0 Å². The Kier molecular flexibility index (Phi) is 3.28. The maximum absolute atomic E-state index is 5.94. The van der Waals surface area contributed by atoms with E-state index in [1.807, 2.05) is 18.3 Å². The molecule has 1 nitrogen and oxygen atoms in total. The first-order chi connectivity index (χ1) is 10.8. The van der Waals surface area contributed by atoms with Crippen molar-refractivity contribution in [3.63, 3.8) is 0 Å². The maximum atomic E-state index is 5.94. The molecule has 0 bridgehead atoms. The zero-order valence-corrected chi connectivity index (χ0v) is 12.7. The van der Waals surface area contributed by atoms with E-state index in [-0.39, 0.29) is 0 Å². The molecule has 1 aromatic heterocycles. The fraction of sp³-hybridized carbons (Fsp3) is 0.0500. The second-order valence-electron chi connectivity index (χ2n) is 5.51. The van der Waals surface area contributed by atoms with E-state index >= 15 is 0 Å². The molecule has 0 saturated heterocycles. The average Bonchev–Trinajstić information content (AvgIpc) is 2.57. The van der Waals surface area contributed by atoms with Crippen molar-refractivity contribution in [1.82, 2.24) is 4.98 Å². The maximum Gasteiger partial charge on any atom is 0.0780 e. The van der Waals surface area contributed by atoms with E-state index in [0.717, 1.165) is 17.0 Å². The van der Waals surface area contributed by atoms with Gasteiger partial charge in [-0.05, 0) is 41.1 Å². The van der Waals surface area contributed by atoms with Crippen LogP contribution in [0.5, 0.6) is 0 Å². The predicted molar refractivity (Wildman–Crippen MR) is 93.5 cm³/mol. The molecule has 1 heterocycles. The van der Waals surface area contributed by atoms with Crippen LogP contribution < -0.4 is 0 Å². The lowest BCUT2D eigenvalue weighted by Crippen LogP contribution is -1.90. The van der Waals surface area contributed by atoms with Crippen molar-refractivity contribution in [3.8, 4) is 0 Å². The van der Waals surface area contributed by atoms with Crippen LogP contribution in [-0.2, 0) is 6.42 Å². The Bertz CT molecular complexity index is 958. The molecule has 22 heavy (non-hydrogen) atoms. The number of rotatable bonds is 2. The van der Waals surface area contributed by atoms with Gasteiger partial charge >= 0.3 is 0 Å². The van der Waals surface area contributed by atoms with Gasteiger partial charge in [0.25, 0.3) is 0 Å².